The van der Waals surface area contributed by atoms with Gasteiger partial charge in [0.2, 0.25) is 0 Å². The molecule has 0 bridgehead atoms. The first-order valence-electron chi connectivity index (χ1n) is 27.5. The monoisotopic (exact) mass is 913 g/mol. The van der Waals surface area contributed by atoms with E-state index in [9.17, 15) is 0 Å². The molecule has 11 aliphatic rings. The van der Waals surface area contributed by atoms with E-state index in [4.69, 9.17) is 4.74 Å². The molecule has 3 heterocycles. The zero-order chi connectivity index (χ0) is 46.2. The zero-order valence-corrected chi connectivity index (χ0v) is 43.7. The van der Waals surface area contributed by atoms with Gasteiger partial charge in [-0.3, -0.25) is 0 Å². The number of allylic oxidation sites excluding steroid dienone is 13. The van der Waals surface area contributed by atoms with Gasteiger partial charge in [0, 0.05) is 56.1 Å². The van der Waals surface area contributed by atoms with Crippen LogP contribution < -0.4 is 5.46 Å². The second kappa shape index (κ2) is 16.4. The molecule has 3 fully saturated rings. The van der Waals surface area contributed by atoms with Gasteiger partial charge in [-0.25, -0.2) is 0 Å². The van der Waals surface area contributed by atoms with E-state index >= 15 is 0 Å². The van der Waals surface area contributed by atoms with Crippen LogP contribution in [0.5, 0.6) is 0 Å². The van der Waals surface area contributed by atoms with Crippen molar-refractivity contribution in [3.05, 3.63) is 134 Å². The summed E-state index contributed by atoms with van der Waals surface area (Å²) in [7, 11) is 1.11. The largest absolute Gasteiger partial charge is 0.485 e. The molecule has 1 aromatic rings. The van der Waals surface area contributed by atoms with E-state index < -0.39 is 0 Å². The Balaban J connectivity index is 1.00. The van der Waals surface area contributed by atoms with Gasteiger partial charge >= 0.3 is 0 Å². The van der Waals surface area contributed by atoms with Crippen molar-refractivity contribution in [2.24, 2.45) is 34.0 Å². The van der Waals surface area contributed by atoms with Gasteiger partial charge in [-0.05, 0) is 189 Å². The quantitative estimate of drug-likeness (QED) is 0.264. The van der Waals surface area contributed by atoms with Gasteiger partial charge in [0.05, 0.1) is 6.04 Å². The summed E-state index contributed by atoms with van der Waals surface area (Å²) < 4.78 is 6.98. The van der Waals surface area contributed by atoms with Crippen molar-refractivity contribution >= 4 is 24.5 Å². The highest BCUT2D eigenvalue weighted by Crippen LogP contribution is 2.64. The van der Waals surface area contributed by atoms with Crippen molar-refractivity contribution in [1.29, 1.82) is 0 Å². The Morgan fingerprint density at radius 2 is 1.72 bits per heavy atom. The molecular formula is C62H81BN2OS. The Morgan fingerprint density at radius 3 is 2.55 bits per heavy atom. The SMILES string of the molecule is CC1CC(N(C2=CC(C(C)(C)C)=CCC2Bc2cccc3c2CC2SC4=CCCCC4C32)C2=C3C(=CCC2)OC2CCCC=C32)=CC(N2C3=C(CC(C(C)(C)C)C=C3)C3(C)CCCCC23C)C1. The van der Waals surface area contributed by atoms with E-state index in [1.54, 1.807) is 44.2 Å². The van der Waals surface area contributed by atoms with Crippen molar-refractivity contribution in [1.82, 2.24) is 9.80 Å². The lowest BCUT2D eigenvalue weighted by molar-refractivity contribution is 0.00458. The fourth-order valence-electron chi connectivity index (χ4n) is 16.0. The lowest BCUT2D eigenvalue weighted by atomic mass is 9.53. The number of benzene rings is 1. The van der Waals surface area contributed by atoms with Crippen LogP contribution in [-0.4, -0.2) is 40.0 Å². The summed E-state index contributed by atoms with van der Waals surface area (Å²) in [5.74, 6) is 4.18. The number of nitrogens with zero attached hydrogens (tertiary/aromatic N) is 2. The average Bonchev–Trinajstić information content (AvgIpc) is 4.02. The molecular weight excluding hydrogens is 832 g/mol. The molecule has 354 valence electrons. The third-order valence-electron chi connectivity index (χ3n) is 19.8. The summed E-state index contributed by atoms with van der Waals surface area (Å²) >= 11 is 2.25. The molecule has 67 heavy (non-hydrogen) atoms. The summed E-state index contributed by atoms with van der Waals surface area (Å²) in [6, 6.07) is 7.87. The Labute approximate surface area is 410 Å². The van der Waals surface area contributed by atoms with Gasteiger partial charge in [-0.15, -0.1) is 11.8 Å². The molecule has 2 saturated heterocycles. The Kier molecular flexibility index (Phi) is 11.0. The van der Waals surface area contributed by atoms with E-state index in [0.29, 0.717) is 34.9 Å². The zero-order valence-electron chi connectivity index (χ0n) is 42.9. The highest BCUT2D eigenvalue weighted by atomic mass is 32.2. The van der Waals surface area contributed by atoms with Crippen LogP contribution in [0.25, 0.3) is 0 Å². The lowest BCUT2D eigenvalue weighted by Gasteiger charge is -2.54. The van der Waals surface area contributed by atoms with E-state index in [-0.39, 0.29) is 27.9 Å². The van der Waals surface area contributed by atoms with E-state index in [0.717, 1.165) is 51.7 Å². The fourth-order valence-corrected chi connectivity index (χ4v) is 17.7. The maximum absolute atomic E-state index is 6.98. The number of fused-ring (bicyclic) bond motifs is 10. The molecule has 0 radical (unpaired) electrons. The summed E-state index contributed by atoms with van der Waals surface area (Å²) in [6.07, 6.45) is 42.1. The van der Waals surface area contributed by atoms with Crippen LogP contribution in [0.2, 0.25) is 5.82 Å². The van der Waals surface area contributed by atoms with Crippen LogP contribution >= 0.6 is 11.8 Å². The van der Waals surface area contributed by atoms with Crippen molar-refractivity contribution in [2.75, 3.05) is 0 Å². The van der Waals surface area contributed by atoms with Crippen molar-refractivity contribution in [3.63, 3.8) is 0 Å². The topological polar surface area (TPSA) is 15.7 Å². The molecule has 8 aliphatic carbocycles. The average molecular weight is 913 g/mol. The van der Waals surface area contributed by atoms with Gasteiger partial charge in [0.25, 0.3) is 0 Å². The predicted octanol–water partition coefficient (Wildman–Crippen LogP) is 15.2. The number of ether oxygens (including phenoxy) is 1. The van der Waals surface area contributed by atoms with Crippen molar-refractivity contribution < 1.29 is 4.74 Å². The summed E-state index contributed by atoms with van der Waals surface area (Å²) in [5, 5.41) is 0.715. The first-order chi connectivity index (χ1) is 32.1. The second-order valence-electron chi connectivity index (χ2n) is 25.9. The van der Waals surface area contributed by atoms with Crippen LogP contribution in [0.4, 0.5) is 0 Å². The van der Waals surface area contributed by atoms with Gasteiger partial charge in [0.1, 0.15) is 11.9 Å². The molecule has 10 atom stereocenters. The standard InChI is InChI=1S/C62H81BN2OS/c1-38-32-41(36-42(33-38)65-50-29-27-39(59(2,3)4)34-47(50)61(8)30-14-15-31-62(61,65)9)64(51-22-17-24-54-58(51)44-18-10-12-23-53(44)66-54)52-35-40(60(5,6)7)26-28-49(52)63-48-21-16-20-43-46(48)37-56-57(43)45-19-11-13-25-55(45)67-56/h16,18,20-21,24-27,29,35-36,38-39,42,45,49,53,56-57,63H,10-15,17,19,22-23,28,30-34,37H2,1-9H3. The van der Waals surface area contributed by atoms with Crippen molar-refractivity contribution in [3.8, 4) is 0 Å². The van der Waals surface area contributed by atoms with E-state index in [1.807, 2.05) is 0 Å². The third kappa shape index (κ3) is 7.23. The minimum atomic E-state index is 0.0616. The van der Waals surface area contributed by atoms with Crippen LogP contribution in [0.15, 0.2) is 123 Å². The number of hydrogen-bond donors (Lipinski definition) is 0. The molecule has 3 aliphatic heterocycles. The van der Waals surface area contributed by atoms with E-state index in [2.05, 4.69) is 151 Å². The lowest BCUT2D eigenvalue weighted by Crippen LogP contribution is -2.57. The summed E-state index contributed by atoms with van der Waals surface area (Å²) in [4.78, 5) is 7.73. The highest BCUT2D eigenvalue weighted by Gasteiger charge is 2.60. The highest BCUT2D eigenvalue weighted by molar-refractivity contribution is 8.04. The predicted molar refractivity (Wildman–Crippen MR) is 284 cm³/mol. The maximum Gasteiger partial charge on any atom is 0.168 e. The number of thioether (sulfide) groups is 1. The molecule has 0 N–H and O–H groups in total. The molecule has 0 aromatic heterocycles. The van der Waals surface area contributed by atoms with Crippen LogP contribution in [0, 0.1) is 34.0 Å². The summed E-state index contributed by atoms with van der Waals surface area (Å²) in [6.45, 7) is 22.7. The molecule has 3 nitrogen and oxygen atoms in total. The van der Waals surface area contributed by atoms with Crippen LogP contribution in [0.3, 0.4) is 0 Å². The van der Waals surface area contributed by atoms with Gasteiger partial charge in [0.15, 0.2) is 7.28 Å². The molecule has 10 unspecified atom stereocenters. The molecule has 12 rings (SSSR count). The number of rotatable bonds is 6. The van der Waals surface area contributed by atoms with E-state index in [1.165, 1.54) is 98.8 Å². The Bertz CT molecular complexity index is 2530. The van der Waals surface area contributed by atoms with Crippen molar-refractivity contribution in [2.45, 2.75) is 206 Å². The van der Waals surface area contributed by atoms with Gasteiger partial charge in [-0.2, -0.15) is 0 Å². The first kappa shape index (κ1) is 44.9. The molecule has 0 amide bonds. The second-order valence-corrected chi connectivity index (χ2v) is 27.3. The molecule has 1 aromatic carbocycles. The van der Waals surface area contributed by atoms with Gasteiger partial charge in [-0.1, -0.05) is 116 Å². The van der Waals surface area contributed by atoms with Gasteiger partial charge < -0.3 is 14.5 Å². The Hall–Kier alpha value is -3.31. The number of hydrogen-bond acceptors (Lipinski definition) is 4. The minimum absolute atomic E-state index is 0.0616. The minimum Gasteiger partial charge on any atom is -0.485 e. The third-order valence-corrected chi connectivity index (χ3v) is 21.3. The normalized spacial score (nSPS) is 36.5. The summed E-state index contributed by atoms with van der Waals surface area (Å²) in [5.41, 5.74) is 18.1. The van der Waals surface area contributed by atoms with Crippen LogP contribution in [-0.2, 0) is 11.2 Å². The Morgan fingerprint density at radius 1 is 0.896 bits per heavy atom. The molecule has 5 heteroatoms. The maximum atomic E-state index is 6.98. The molecule has 0 spiro atoms. The molecule has 1 saturated carbocycles. The first-order valence-corrected chi connectivity index (χ1v) is 28.4. The fraction of sp³-hybridized carbons (Fsp3) is 0.613. The van der Waals surface area contributed by atoms with Crippen LogP contribution in [0.1, 0.15) is 182 Å². The smallest absolute Gasteiger partial charge is 0.168 e.